The fraction of sp³-hybridized carbons (Fsp3) is 0.333. The molecule has 0 aromatic carbocycles. The molecule has 0 aromatic heterocycles. The Morgan fingerprint density at radius 2 is 1.88 bits per heavy atom. The molecule has 8 heavy (non-hydrogen) atoms. The summed E-state index contributed by atoms with van der Waals surface area (Å²) in [4.78, 5) is 0. The van der Waals surface area contributed by atoms with Gasteiger partial charge in [0.1, 0.15) is 4.61 Å². The lowest BCUT2D eigenvalue weighted by Gasteiger charge is -1.92. The molecule has 0 rings (SSSR count). The van der Waals surface area contributed by atoms with E-state index in [9.17, 15) is 13.2 Å². The molecular formula is C3H2F3IO. The summed E-state index contributed by atoms with van der Waals surface area (Å²) in [6, 6.07) is -1.79. The summed E-state index contributed by atoms with van der Waals surface area (Å²) >= 11 is 1.61. The highest BCUT2D eigenvalue weighted by Gasteiger charge is 2.02. The summed E-state index contributed by atoms with van der Waals surface area (Å²) in [5.41, 5.74) is 0. The van der Waals surface area contributed by atoms with Gasteiger partial charge in [-0.25, -0.2) is 0 Å². The lowest BCUT2D eigenvalue weighted by atomic mass is 11.0. The Morgan fingerprint density at radius 3 is 2.00 bits per heavy atom. The summed E-state index contributed by atoms with van der Waals surface area (Å²) in [5.74, 6) is 0. The molecule has 0 saturated carbocycles. The molecule has 48 valence electrons. The van der Waals surface area contributed by atoms with Crippen LogP contribution in [-0.4, -0.2) is 4.61 Å². The summed E-state index contributed by atoms with van der Waals surface area (Å²) in [6.07, 6.45) is -2.42. The van der Waals surface area contributed by atoms with Gasteiger partial charge in [0.05, 0.1) is 0 Å². The van der Waals surface area contributed by atoms with E-state index in [0.717, 1.165) is 0 Å². The average Bonchev–Trinajstić information content (AvgIpc) is 1.67. The molecule has 0 N–H and O–H groups in total. The Kier molecular flexibility index (Phi) is 4.02. The zero-order valence-electron chi connectivity index (χ0n) is 3.63. The first-order valence-electron chi connectivity index (χ1n) is 1.58. The minimum absolute atomic E-state index is 0.110. The van der Waals surface area contributed by atoms with Gasteiger partial charge in [-0.2, -0.15) is 13.2 Å². The molecule has 0 atom stereocenters. The van der Waals surface area contributed by atoms with Crippen LogP contribution in [0.3, 0.4) is 0 Å². The summed E-state index contributed by atoms with van der Waals surface area (Å²) in [6.45, 7) is 0. The van der Waals surface area contributed by atoms with Crippen molar-refractivity contribution >= 4 is 22.6 Å². The van der Waals surface area contributed by atoms with Crippen molar-refractivity contribution in [3.8, 4) is 0 Å². The molecular weight excluding hydrogens is 236 g/mol. The van der Waals surface area contributed by atoms with Crippen molar-refractivity contribution in [2.45, 2.75) is 0 Å². The van der Waals surface area contributed by atoms with Gasteiger partial charge in [-0.05, 0) is 22.6 Å². The van der Waals surface area contributed by atoms with Gasteiger partial charge >= 0.3 is 12.1 Å². The van der Waals surface area contributed by atoms with Gasteiger partial charge in [0.2, 0.25) is 0 Å². The second kappa shape index (κ2) is 3.99. The van der Waals surface area contributed by atoms with Crippen LogP contribution in [0.2, 0.25) is 0 Å². The SMILES string of the molecule is FC(F)=C(F)OCI. The fourth-order valence-electron chi connectivity index (χ4n) is 0.102. The van der Waals surface area contributed by atoms with Crippen LogP contribution in [0.1, 0.15) is 0 Å². The smallest absolute Gasteiger partial charge is 0.342 e. The molecule has 0 bridgehead atoms. The Morgan fingerprint density at radius 1 is 1.38 bits per heavy atom. The summed E-state index contributed by atoms with van der Waals surface area (Å²) in [5, 5.41) is 0. The summed E-state index contributed by atoms with van der Waals surface area (Å²) < 4.78 is 37.1. The molecule has 0 aliphatic carbocycles. The van der Waals surface area contributed by atoms with E-state index in [4.69, 9.17) is 0 Å². The zero-order valence-corrected chi connectivity index (χ0v) is 5.78. The molecule has 0 fully saturated rings. The van der Waals surface area contributed by atoms with Gasteiger partial charge in [-0.3, -0.25) is 0 Å². The van der Waals surface area contributed by atoms with Crippen molar-refractivity contribution < 1.29 is 17.9 Å². The van der Waals surface area contributed by atoms with Gasteiger partial charge in [0.15, 0.2) is 0 Å². The van der Waals surface area contributed by atoms with E-state index in [2.05, 4.69) is 4.74 Å². The van der Waals surface area contributed by atoms with Crippen molar-refractivity contribution in [3.05, 3.63) is 12.1 Å². The highest BCUT2D eigenvalue weighted by atomic mass is 127. The number of rotatable bonds is 2. The van der Waals surface area contributed by atoms with Crippen molar-refractivity contribution in [1.82, 2.24) is 0 Å². The van der Waals surface area contributed by atoms with Crippen LogP contribution >= 0.6 is 22.6 Å². The maximum atomic E-state index is 11.4. The third-order valence-electron chi connectivity index (χ3n) is 0.330. The minimum Gasteiger partial charge on any atom is -0.456 e. The van der Waals surface area contributed by atoms with Crippen molar-refractivity contribution in [2.24, 2.45) is 0 Å². The van der Waals surface area contributed by atoms with Crippen molar-refractivity contribution in [1.29, 1.82) is 0 Å². The Hall–Kier alpha value is 0.0600. The number of hydrogen-bond donors (Lipinski definition) is 0. The third kappa shape index (κ3) is 3.11. The second-order valence-corrected chi connectivity index (χ2v) is 1.41. The van der Waals surface area contributed by atoms with E-state index in [1.54, 1.807) is 22.6 Å². The number of hydrogen-bond acceptors (Lipinski definition) is 1. The third-order valence-corrected chi connectivity index (χ3v) is 0.641. The quantitative estimate of drug-likeness (QED) is 0.407. The molecule has 0 radical (unpaired) electrons. The molecule has 0 saturated heterocycles. The van der Waals surface area contributed by atoms with E-state index in [-0.39, 0.29) is 4.61 Å². The van der Waals surface area contributed by atoms with Crippen LogP contribution in [-0.2, 0) is 4.74 Å². The first kappa shape index (κ1) is 8.06. The standard InChI is InChI=1S/C3H2F3IO/c4-2(5)3(6)8-1-7/h1H2. The number of ether oxygens (including phenoxy) is 1. The van der Waals surface area contributed by atoms with E-state index in [1.807, 2.05) is 0 Å². The predicted molar refractivity (Wildman–Crippen MR) is 30.3 cm³/mol. The van der Waals surface area contributed by atoms with Crippen LogP contribution in [0, 0.1) is 0 Å². The highest BCUT2D eigenvalue weighted by Crippen LogP contribution is 2.10. The van der Waals surface area contributed by atoms with E-state index in [0.29, 0.717) is 0 Å². The summed E-state index contributed by atoms with van der Waals surface area (Å²) in [7, 11) is 0. The van der Waals surface area contributed by atoms with Crippen LogP contribution < -0.4 is 0 Å². The molecule has 0 amide bonds. The molecule has 5 heteroatoms. The van der Waals surface area contributed by atoms with E-state index >= 15 is 0 Å². The maximum Gasteiger partial charge on any atom is 0.342 e. The van der Waals surface area contributed by atoms with Gasteiger partial charge < -0.3 is 4.74 Å². The molecule has 1 nitrogen and oxygen atoms in total. The van der Waals surface area contributed by atoms with Crippen LogP contribution in [0.4, 0.5) is 13.2 Å². The van der Waals surface area contributed by atoms with Gasteiger partial charge in [0, 0.05) is 0 Å². The Bertz CT molecular complexity index is 98.7. The number of halogens is 4. The van der Waals surface area contributed by atoms with Crippen LogP contribution in [0.15, 0.2) is 12.1 Å². The topological polar surface area (TPSA) is 9.23 Å². The van der Waals surface area contributed by atoms with Gasteiger partial charge in [0.25, 0.3) is 0 Å². The monoisotopic (exact) mass is 238 g/mol. The van der Waals surface area contributed by atoms with Gasteiger partial charge in [-0.1, -0.05) is 0 Å². The molecule has 0 aromatic rings. The predicted octanol–water partition coefficient (Wildman–Crippen LogP) is 2.43. The molecule has 0 aliphatic rings. The normalized spacial score (nSPS) is 8.50. The molecule has 0 heterocycles. The largest absolute Gasteiger partial charge is 0.456 e. The Labute approximate surface area is 57.7 Å². The van der Waals surface area contributed by atoms with Crippen molar-refractivity contribution in [3.63, 3.8) is 0 Å². The average molecular weight is 238 g/mol. The molecule has 0 spiro atoms. The lowest BCUT2D eigenvalue weighted by Crippen LogP contribution is -1.82. The maximum absolute atomic E-state index is 11.4. The highest BCUT2D eigenvalue weighted by molar-refractivity contribution is 14.1. The van der Waals surface area contributed by atoms with E-state index in [1.165, 1.54) is 0 Å². The Balaban J connectivity index is 3.62. The minimum atomic E-state index is -2.42. The van der Waals surface area contributed by atoms with Crippen LogP contribution in [0.25, 0.3) is 0 Å². The lowest BCUT2D eigenvalue weighted by molar-refractivity contribution is 0.161. The second-order valence-electron chi connectivity index (χ2n) is 0.788. The van der Waals surface area contributed by atoms with Crippen LogP contribution in [0.5, 0.6) is 0 Å². The first-order valence-corrected chi connectivity index (χ1v) is 3.10. The fourth-order valence-corrected chi connectivity index (χ4v) is 0.376. The first-order chi connectivity index (χ1) is 3.68. The zero-order chi connectivity index (χ0) is 6.57. The van der Waals surface area contributed by atoms with Gasteiger partial charge in [-0.15, -0.1) is 0 Å². The molecule has 0 unspecified atom stereocenters. The van der Waals surface area contributed by atoms with Crippen molar-refractivity contribution in [2.75, 3.05) is 4.61 Å². The van der Waals surface area contributed by atoms with E-state index < -0.39 is 12.1 Å². The number of alkyl halides is 1. The molecule has 0 aliphatic heterocycles.